The predicted molar refractivity (Wildman–Crippen MR) is 88.5 cm³/mol. The smallest absolute Gasteiger partial charge is 0.340 e. The molecule has 7 heteroatoms. The molecule has 0 saturated carbocycles. The molecule has 2 aliphatic rings. The monoisotopic (exact) mass is 363 g/mol. The largest absolute Gasteiger partial charge is 0.459 e. The second-order valence-corrected chi connectivity index (χ2v) is 6.55. The van der Waals surface area contributed by atoms with Gasteiger partial charge in [0.15, 0.2) is 5.78 Å². The number of rotatable bonds is 3. The molecule has 26 heavy (non-hydrogen) atoms. The number of ketones is 1. The first-order valence-electron chi connectivity index (χ1n) is 8.39. The van der Waals surface area contributed by atoms with Gasteiger partial charge in [-0.2, -0.15) is 0 Å². The summed E-state index contributed by atoms with van der Waals surface area (Å²) < 4.78 is 38.6. The number of carbonyl (C=O) groups excluding carboxylic acids is 2. The minimum atomic E-state index is -1.08. The van der Waals surface area contributed by atoms with Crippen molar-refractivity contribution in [3.8, 4) is 0 Å². The van der Waals surface area contributed by atoms with E-state index in [2.05, 4.69) is 0 Å². The van der Waals surface area contributed by atoms with Gasteiger partial charge in [-0.15, -0.1) is 0 Å². The van der Waals surface area contributed by atoms with Crippen molar-refractivity contribution in [1.82, 2.24) is 0 Å². The highest BCUT2D eigenvalue weighted by Gasteiger charge is 2.42. The Morgan fingerprint density at radius 1 is 1.31 bits per heavy atom. The maximum Gasteiger partial charge on any atom is 0.340 e. The van der Waals surface area contributed by atoms with E-state index in [1.807, 2.05) is 0 Å². The van der Waals surface area contributed by atoms with Crippen molar-refractivity contribution in [3.63, 3.8) is 0 Å². The summed E-state index contributed by atoms with van der Waals surface area (Å²) in [5.41, 5.74) is 5.96. The van der Waals surface area contributed by atoms with Gasteiger partial charge in [-0.3, -0.25) is 4.79 Å². The van der Waals surface area contributed by atoms with E-state index in [0.29, 0.717) is 24.7 Å². The van der Waals surface area contributed by atoms with Gasteiger partial charge >= 0.3 is 5.97 Å². The number of Topliss-reactive ketones (excluding diaryl/α,β-unsaturated/α-hetero) is 1. The van der Waals surface area contributed by atoms with E-state index in [9.17, 15) is 18.4 Å². The zero-order valence-corrected chi connectivity index (χ0v) is 14.5. The van der Waals surface area contributed by atoms with Crippen LogP contribution in [0.15, 0.2) is 41.0 Å². The summed E-state index contributed by atoms with van der Waals surface area (Å²) in [5.74, 6) is -3.65. The zero-order valence-electron chi connectivity index (χ0n) is 14.5. The molecule has 138 valence electrons. The Bertz CT molecular complexity index is 842. The maximum absolute atomic E-state index is 14.5. The van der Waals surface area contributed by atoms with E-state index in [0.717, 1.165) is 6.07 Å². The van der Waals surface area contributed by atoms with Crippen molar-refractivity contribution in [3.05, 3.63) is 58.2 Å². The van der Waals surface area contributed by atoms with E-state index < -0.39 is 29.6 Å². The predicted octanol–water partition coefficient (Wildman–Crippen LogP) is 3.21. The lowest BCUT2D eigenvalue weighted by molar-refractivity contribution is -0.143. The van der Waals surface area contributed by atoms with Gasteiger partial charge in [-0.25, -0.2) is 13.6 Å². The summed E-state index contributed by atoms with van der Waals surface area (Å²) in [5, 5.41) is 0. The van der Waals surface area contributed by atoms with Crippen LogP contribution < -0.4 is 5.73 Å². The van der Waals surface area contributed by atoms with Crippen molar-refractivity contribution < 1.29 is 27.8 Å². The Morgan fingerprint density at radius 2 is 2.04 bits per heavy atom. The van der Waals surface area contributed by atoms with Gasteiger partial charge in [0.1, 0.15) is 23.0 Å². The number of hydrogen-bond acceptors (Lipinski definition) is 5. The molecule has 1 aromatic carbocycles. The minimum absolute atomic E-state index is 0.0175. The van der Waals surface area contributed by atoms with E-state index in [-0.39, 0.29) is 34.8 Å². The van der Waals surface area contributed by atoms with Gasteiger partial charge in [-0.05, 0) is 26.3 Å². The fourth-order valence-corrected chi connectivity index (χ4v) is 3.28. The van der Waals surface area contributed by atoms with Crippen LogP contribution in [-0.4, -0.2) is 17.9 Å². The fraction of sp³-hybridized carbons (Fsp3) is 0.368. The molecule has 1 aromatic rings. The molecule has 0 amide bonds. The Morgan fingerprint density at radius 3 is 2.69 bits per heavy atom. The average Bonchev–Trinajstić information content (AvgIpc) is 2.53. The van der Waals surface area contributed by atoms with Crippen molar-refractivity contribution in [2.75, 3.05) is 0 Å². The van der Waals surface area contributed by atoms with Gasteiger partial charge < -0.3 is 15.2 Å². The second-order valence-electron chi connectivity index (χ2n) is 6.55. The molecule has 1 heterocycles. The molecule has 0 aromatic heterocycles. The van der Waals surface area contributed by atoms with Gasteiger partial charge in [0.25, 0.3) is 0 Å². The van der Waals surface area contributed by atoms with Crippen molar-refractivity contribution in [2.45, 2.75) is 45.1 Å². The summed E-state index contributed by atoms with van der Waals surface area (Å²) >= 11 is 0. The number of halogens is 2. The normalized spacial score (nSPS) is 20.2. The van der Waals surface area contributed by atoms with Crippen molar-refractivity contribution in [1.29, 1.82) is 0 Å². The maximum atomic E-state index is 14.5. The highest BCUT2D eigenvalue weighted by molar-refractivity contribution is 6.03. The Kier molecular flexibility index (Phi) is 4.80. The quantitative estimate of drug-likeness (QED) is 0.835. The van der Waals surface area contributed by atoms with Crippen LogP contribution in [0, 0.1) is 11.6 Å². The summed E-state index contributed by atoms with van der Waals surface area (Å²) in [6.07, 6.45) is 0.843. The standard InChI is InChI=1S/C19H19F2NO4/c1-9(2)25-19(24)17-15(11-7-6-10(20)8-12(11)21)16-13(23)4-3-5-14(16)26-18(17)22/h6-9,15H,3-5,22H2,1-2H3/t15-/m0/s1. The highest BCUT2D eigenvalue weighted by Crippen LogP contribution is 2.44. The van der Waals surface area contributed by atoms with Gasteiger partial charge in [-0.1, -0.05) is 6.07 Å². The lowest BCUT2D eigenvalue weighted by Gasteiger charge is -2.32. The van der Waals surface area contributed by atoms with E-state index in [1.54, 1.807) is 13.8 Å². The first-order valence-corrected chi connectivity index (χ1v) is 8.39. The number of ether oxygens (including phenoxy) is 2. The van der Waals surface area contributed by atoms with Crippen molar-refractivity contribution >= 4 is 11.8 Å². The number of allylic oxidation sites excluding steroid dienone is 2. The molecule has 1 atom stereocenters. The van der Waals surface area contributed by atoms with Gasteiger partial charge in [0.05, 0.1) is 12.0 Å². The third kappa shape index (κ3) is 3.21. The second kappa shape index (κ2) is 6.90. The van der Waals surface area contributed by atoms with Crippen LogP contribution in [0.3, 0.4) is 0 Å². The SMILES string of the molecule is CC(C)OC(=O)C1=C(N)OC2=C(C(=O)CCC2)[C@@H]1c1ccc(F)cc1F. The molecule has 1 aliphatic heterocycles. The first kappa shape index (κ1) is 18.1. The molecular weight excluding hydrogens is 344 g/mol. The average molecular weight is 363 g/mol. The fourth-order valence-electron chi connectivity index (χ4n) is 3.28. The van der Waals surface area contributed by atoms with E-state index in [4.69, 9.17) is 15.2 Å². The van der Waals surface area contributed by atoms with Crippen LogP contribution in [0.1, 0.15) is 44.6 Å². The molecule has 0 unspecified atom stereocenters. The summed E-state index contributed by atoms with van der Waals surface area (Å²) in [7, 11) is 0. The molecule has 3 rings (SSSR count). The summed E-state index contributed by atoms with van der Waals surface area (Å²) in [6.45, 7) is 3.31. The van der Waals surface area contributed by atoms with Crippen molar-refractivity contribution in [2.24, 2.45) is 5.73 Å². The Labute approximate surface area is 149 Å². The Hall–Kier alpha value is -2.70. The number of nitrogens with two attached hydrogens (primary N) is 1. The molecule has 0 fully saturated rings. The van der Waals surface area contributed by atoms with Gasteiger partial charge in [0, 0.05) is 30.0 Å². The topological polar surface area (TPSA) is 78.6 Å². The number of hydrogen-bond donors (Lipinski definition) is 1. The van der Waals surface area contributed by atoms with Crippen LogP contribution in [0.25, 0.3) is 0 Å². The van der Waals surface area contributed by atoms with Gasteiger partial charge in [0.2, 0.25) is 5.88 Å². The molecule has 0 radical (unpaired) electrons. The molecule has 0 bridgehead atoms. The third-order valence-electron chi connectivity index (χ3n) is 4.32. The lowest BCUT2D eigenvalue weighted by atomic mass is 9.77. The first-order chi connectivity index (χ1) is 12.3. The minimum Gasteiger partial charge on any atom is -0.459 e. The van der Waals surface area contributed by atoms with Crippen LogP contribution in [-0.2, 0) is 19.1 Å². The van der Waals surface area contributed by atoms with Crippen LogP contribution in [0.2, 0.25) is 0 Å². The lowest BCUT2D eigenvalue weighted by Crippen LogP contribution is -2.32. The molecule has 1 aliphatic carbocycles. The molecular formula is C19H19F2NO4. The molecule has 0 spiro atoms. The number of benzene rings is 1. The highest BCUT2D eigenvalue weighted by atomic mass is 19.1. The molecule has 2 N–H and O–H groups in total. The molecule has 5 nitrogen and oxygen atoms in total. The number of esters is 1. The van der Waals surface area contributed by atoms with E-state index >= 15 is 0 Å². The third-order valence-corrected chi connectivity index (χ3v) is 4.32. The van der Waals surface area contributed by atoms with Crippen LogP contribution >= 0.6 is 0 Å². The summed E-state index contributed by atoms with van der Waals surface area (Å²) in [6, 6.07) is 2.99. The zero-order chi connectivity index (χ0) is 19.0. The molecule has 0 saturated heterocycles. The van der Waals surface area contributed by atoms with E-state index in [1.165, 1.54) is 6.07 Å². The number of carbonyl (C=O) groups is 2. The van der Waals surface area contributed by atoms with Crippen LogP contribution in [0.5, 0.6) is 0 Å². The van der Waals surface area contributed by atoms with Crippen LogP contribution in [0.4, 0.5) is 8.78 Å². The Balaban J connectivity index is 2.18. The summed E-state index contributed by atoms with van der Waals surface area (Å²) in [4.78, 5) is 25.1.